The van der Waals surface area contributed by atoms with Gasteiger partial charge in [-0.05, 0) is 81.7 Å². The molecule has 0 saturated heterocycles. The van der Waals surface area contributed by atoms with Crippen molar-refractivity contribution in [3.63, 3.8) is 0 Å². The molecule has 9 heteroatoms. The molecule has 0 atom stereocenters. The van der Waals surface area contributed by atoms with E-state index in [1.54, 1.807) is 19.1 Å². The maximum Gasteiger partial charge on any atom is 0.416 e. The summed E-state index contributed by atoms with van der Waals surface area (Å²) in [6.07, 6.45) is 1.21. The highest BCUT2D eigenvalue weighted by atomic mass is 19.4. The highest BCUT2D eigenvalue weighted by molar-refractivity contribution is 5.96. The molecule has 1 aliphatic carbocycles. The van der Waals surface area contributed by atoms with Gasteiger partial charge in [-0.25, -0.2) is 0 Å². The van der Waals surface area contributed by atoms with Gasteiger partial charge in [0.1, 0.15) is 17.9 Å². The van der Waals surface area contributed by atoms with E-state index in [-0.39, 0.29) is 24.9 Å². The number of oxime groups is 1. The normalized spacial score (nSPS) is 15.2. The third-order valence-corrected chi connectivity index (χ3v) is 6.92. The molecule has 1 N–H and O–H groups in total. The Morgan fingerprint density at radius 1 is 1.10 bits per heavy atom. The van der Waals surface area contributed by atoms with Gasteiger partial charge in [-0.3, -0.25) is 9.78 Å². The van der Waals surface area contributed by atoms with Crippen molar-refractivity contribution in [2.45, 2.75) is 110 Å². The SMILES string of the molecule is CCc1nc(/C(C)=N/OCc2ccc(C3CCCCC3)c(C(F)(F)F)c2)ccc1CNCCC(=O)OC(C)(C)C. The van der Waals surface area contributed by atoms with Crippen molar-refractivity contribution in [2.75, 3.05) is 6.54 Å². The fraction of sp³-hybridized carbons (Fsp3) is 0.581. The van der Waals surface area contributed by atoms with Gasteiger partial charge in [-0.1, -0.05) is 49.5 Å². The molecule has 0 radical (unpaired) electrons. The number of aryl methyl sites for hydroxylation is 1. The molecule has 1 aliphatic rings. The molecule has 220 valence electrons. The van der Waals surface area contributed by atoms with E-state index >= 15 is 0 Å². The molecule has 1 fully saturated rings. The molecule has 0 amide bonds. The van der Waals surface area contributed by atoms with Gasteiger partial charge in [0.05, 0.1) is 17.7 Å². The highest BCUT2D eigenvalue weighted by Gasteiger charge is 2.35. The zero-order chi connectivity index (χ0) is 29.3. The Hall–Kier alpha value is -2.94. The maximum atomic E-state index is 13.8. The quantitative estimate of drug-likeness (QED) is 0.133. The minimum absolute atomic E-state index is 0.0393. The average molecular weight is 562 g/mol. The number of benzene rings is 1. The largest absolute Gasteiger partial charge is 0.460 e. The van der Waals surface area contributed by atoms with Gasteiger partial charge in [-0.2, -0.15) is 13.2 Å². The zero-order valence-corrected chi connectivity index (χ0v) is 24.3. The molecular weight excluding hydrogens is 519 g/mol. The Balaban J connectivity index is 1.59. The second-order valence-electron chi connectivity index (χ2n) is 11.4. The standard InChI is InChI=1S/C31H42F3N3O3/c1-6-27-24(19-35-17-16-29(38)40-30(3,4)5)13-15-28(36-27)21(2)37-39-20-22-12-14-25(23-10-8-7-9-11-23)26(18-22)31(32,33)34/h12-15,18,23,35H,6-11,16-17,19-20H2,1-5H3/b37-21+. The van der Waals surface area contributed by atoms with Crippen molar-refractivity contribution in [2.24, 2.45) is 5.16 Å². The van der Waals surface area contributed by atoms with Crippen LogP contribution >= 0.6 is 0 Å². The Labute approximate surface area is 235 Å². The number of aromatic nitrogens is 1. The van der Waals surface area contributed by atoms with Crippen LogP contribution in [0.5, 0.6) is 0 Å². The van der Waals surface area contributed by atoms with Crippen LogP contribution in [-0.4, -0.2) is 28.8 Å². The van der Waals surface area contributed by atoms with Gasteiger partial charge in [0.2, 0.25) is 0 Å². The highest BCUT2D eigenvalue weighted by Crippen LogP contribution is 2.41. The minimum Gasteiger partial charge on any atom is -0.460 e. The lowest BCUT2D eigenvalue weighted by Gasteiger charge is -2.25. The Morgan fingerprint density at radius 2 is 1.82 bits per heavy atom. The van der Waals surface area contributed by atoms with E-state index in [1.165, 1.54) is 6.07 Å². The number of hydrogen-bond acceptors (Lipinski definition) is 6. The predicted octanol–water partition coefficient (Wildman–Crippen LogP) is 7.47. The molecule has 1 heterocycles. The van der Waals surface area contributed by atoms with Crippen LogP contribution in [0, 0.1) is 0 Å². The molecule has 2 aromatic rings. The lowest BCUT2D eigenvalue weighted by atomic mass is 9.81. The molecule has 1 saturated carbocycles. The molecule has 0 spiro atoms. The van der Waals surface area contributed by atoms with Crippen LogP contribution < -0.4 is 5.32 Å². The first-order chi connectivity index (χ1) is 18.9. The summed E-state index contributed by atoms with van der Waals surface area (Å²) < 4.78 is 46.9. The van der Waals surface area contributed by atoms with E-state index in [0.717, 1.165) is 43.4 Å². The summed E-state index contributed by atoms with van der Waals surface area (Å²) in [5.74, 6) is -0.284. The number of hydrogen-bond donors (Lipinski definition) is 1. The van der Waals surface area contributed by atoms with E-state index in [1.807, 2.05) is 39.8 Å². The molecule has 1 aromatic heterocycles. The molecular formula is C31H42F3N3O3. The van der Waals surface area contributed by atoms with Gasteiger partial charge >= 0.3 is 12.1 Å². The summed E-state index contributed by atoms with van der Waals surface area (Å²) in [6, 6.07) is 8.32. The van der Waals surface area contributed by atoms with Crippen LogP contribution in [0.3, 0.4) is 0 Å². The zero-order valence-electron chi connectivity index (χ0n) is 24.3. The van der Waals surface area contributed by atoms with Crippen molar-refractivity contribution in [1.82, 2.24) is 10.3 Å². The molecule has 6 nitrogen and oxygen atoms in total. The lowest BCUT2D eigenvalue weighted by molar-refractivity contribution is -0.154. The Morgan fingerprint density at radius 3 is 2.48 bits per heavy atom. The van der Waals surface area contributed by atoms with Gasteiger partial charge in [0, 0.05) is 18.8 Å². The van der Waals surface area contributed by atoms with Crippen LogP contribution in [0.1, 0.15) is 113 Å². The molecule has 3 rings (SSSR count). The van der Waals surface area contributed by atoms with Crippen molar-refractivity contribution < 1.29 is 27.5 Å². The number of alkyl halides is 3. The number of ether oxygens (including phenoxy) is 1. The lowest BCUT2D eigenvalue weighted by Crippen LogP contribution is -2.26. The van der Waals surface area contributed by atoms with E-state index in [0.29, 0.717) is 42.0 Å². The summed E-state index contributed by atoms with van der Waals surface area (Å²) >= 11 is 0. The van der Waals surface area contributed by atoms with Gasteiger partial charge in [-0.15, -0.1) is 0 Å². The summed E-state index contributed by atoms with van der Waals surface area (Å²) in [4.78, 5) is 22.0. The summed E-state index contributed by atoms with van der Waals surface area (Å²) in [6.45, 7) is 10.3. The summed E-state index contributed by atoms with van der Waals surface area (Å²) in [7, 11) is 0. The number of rotatable bonds is 11. The fourth-order valence-corrected chi connectivity index (χ4v) is 4.96. The Kier molecular flexibility index (Phi) is 11.1. The molecule has 0 bridgehead atoms. The third-order valence-electron chi connectivity index (χ3n) is 6.92. The first-order valence-corrected chi connectivity index (χ1v) is 14.2. The van der Waals surface area contributed by atoms with Crippen molar-refractivity contribution in [1.29, 1.82) is 0 Å². The molecule has 0 unspecified atom stereocenters. The van der Waals surface area contributed by atoms with E-state index in [2.05, 4.69) is 10.5 Å². The van der Waals surface area contributed by atoms with E-state index in [9.17, 15) is 18.0 Å². The second-order valence-corrected chi connectivity index (χ2v) is 11.4. The minimum atomic E-state index is -4.41. The molecule has 40 heavy (non-hydrogen) atoms. The summed E-state index contributed by atoms with van der Waals surface area (Å²) in [5, 5.41) is 7.39. The van der Waals surface area contributed by atoms with Crippen LogP contribution in [-0.2, 0) is 40.1 Å². The Bertz CT molecular complexity index is 1170. The number of halogens is 3. The number of carbonyl (C=O) groups excluding carboxylic acids is 1. The van der Waals surface area contributed by atoms with Gasteiger partial charge in [0.15, 0.2) is 0 Å². The molecule has 0 aliphatic heterocycles. The van der Waals surface area contributed by atoms with E-state index < -0.39 is 17.3 Å². The predicted molar refractivity (Wildman–Crippen MR) is 150 cm³/mol. The number of nitrogens with one attached hydrogen (secondary N) is 1. The number of esters is 1. The van der Waals surface area contributed by atoms with Gasteiger partial charge in [0.25, 0.3) is 0 Å². The maximum absolute atomic E-state index is 13.8. The average Bonchev–Trinajstić information content (AvgIpc) is 2.90. The van der Waals surface area contributed by atoms with Crippen LogP contribution in [0.4, 0.5) is 13.2 Å². The van der Waals surface area contributed by atoms with Crippen molar-refractivity contribution >= 4 is 11.7 Å². The number of nitrogens with zero attached hydrogens (tertiary/aromatic N) is 2. The third kappa shape index (κ3) is 9.61. The second kappa shape index (κ2) is 14.1. The first-order valence-electron chi connectivity index (χ1n) is 14.2. The smallest absolute Gasteiger partial charge is 0.416 e. The number of pyridine rings is 1. The summed E-state index contributed by atoms with van der Waals surface area (Å²) in [5.41, 5.74) is 2.84. The molecule has 1 aromatic carbocycles. The topological polar surface area (TPSA) is 72.8 Å². The fourth-order valence-electron chi connectivity index (χ4n) is 4.96. The van der Waals surface area contributed by atoms with Gasteiger partial charge < -0.3 is 14.9 Å². The van der Waals surface area contributed by atoms with Crippen molar-refractivity contribution in [3.05, 3.63) is 64.0 Å². The number of carbonyl (C=O) groups is 1. The van der Waals surface area contributed by atoms with Crippen LogP contribution in [0.15, 0.2) is 35.5 Å². The first kappa shape index (κ1) is 31.6. The van der Waals surface area contributed by atoms with Crippen LogP contribution in [0.25, 0.3) is 0 Å². The van der Waals surface area contributed by atoms with E-state index in [4.69, 9.17) is 14.6 Å². The van der Waals surface area contributed by atoms with Crippen LogP contribution in [0.2, 0.25) is 0 Å². The monoisotopic (exact) mass is 561 g/mol. The van der Waals surface area contributed by atoms with Crippen molar-refractivity contribution in [3.8, 4) is 0 Å².